The lowest BCUT2D eigenvalue weighted by Gasteiger charge is -2.20. The number of thiophene rings is 1. The molecule has 4 rings (SSSR count). The molecule has 1 aromatic carbocycles. The average molecular weight is 415 g/mol. The summed E-state index contributed by atoms with van der Waals surface area (Å²) in [6, 6.07) is 5.87. The molecule has 1 aliphatic heterocycles. The van der Waals surface area contributed by atoms with Gasteiger partial charge in [-0.3, -0.25) is 9.69 Å². The first-order chi connectivity index (χ1) is 14.0. The summed E-state index contributed by atoms with van der Waals surface area (Å²) in [5.74, 6) is 1.59. The normalized spacial score (nSPS) is 13.1. The zero-order chi connectivity index (χ0) is 20.5. The zero-order valence-corrected chi connectivity index (χ0v) is 17.2. The number of esters is 1. The van der Waals surface area contributed by atoms with Crippen LogP contribution in [0.3, 0.4) is 0 Å². The Morgan fingerprint density at radius 2 is 2.03 bits per heavy atom. The van der Waals surface area contributed by atoms with Gasteiger partial charge in [0.2, 0.25) is 0 Å². The van der Waals surface area contributed by atoms with Gasteiger partial charge in [-0.1, -0.05) is 6.07 Å². The largest absolute Gasteiger partial charge is 0.486 e. The number of carbonyl (C=O) groups excluding carboxylic acids is 1. The third-order valence-corrected chi connectivity index (χ3v) is 5.86. The van der Waals surface area contributed by atoms with Crippen molar-refractivity contribution in [1.82, 2.24) is 14.9 Å². The number of aromatic nitrogens is 2. The highest BCUT2D eigenvalue weighted by atomic mass is 32.1. The number of benzene rings is 1. The quantitative estimate of drug-likeness (QED) is 0.640. The molecule has 9 heteroatoms. The molecule has 8 nitrogen and oxygen atoms in total. The predicted molar refractivity (Wildman–Crippen MR) is 109 cm³/mol. The van der Waals surface area contributed by atoms with Crippen molar-refractivity contribution in [3.63, 3.8) is 0 Å². The maximum atomic E-state index is 12.6. The Hall–Kier alpha value is -2.91. The minimum Gasteiger partial charge on any atom is -0.486 e. The highest BCUT2D eigenvalue weighted by Crippen LogP contribution is 2.31. The van der Waals surface area contributed by atoms with Crippen LogP contribution in [0.1, 0.15) is 26.6 Å². The zero-order valence-electron chi connectivity index (χ0n) is 16.4. The predicted octanol–water partition coefficient (Wildman–Crippen LogP) is 2.48. The number of hydrogen-bond donors (Lipinski definition) is 1. The van der Waals surface area contributed by atoms with E-state index in [1.807, 2.05) is 30.1 Å². The van der Waals surface area contributed by atoms with Crippen LogP contribution in [0, 0.1) is 6.92 Å². The second kappa shape index (κ2) is 7.84. The number of nitrogens with one attached hydrogen (secondary N) is 1. The van der Waals surface area contributed by atoms with Crippen molar-refractivity contribution in [3.05, 3.63) is 50.4 Å². The Balaban J connectivity index is 1.54. The summed E-state index contributed by atoms with van der Waals surface area (Å²) in [5, 5.41) is 0.439. The number of carbonyl (C=O) groups is 1. The Morgan fingerprint density at radius 1 is 1.28 bits per heavy atom. The van der Waals surface area contributed by atoms with E-state index in [1.165, 1.54) is 18.4 Å². The molecule has 0 saturated carbocycles. The van der Waals surface area contributed by atoms with E-state index in [0.29, 0.717) is 52.8 Å². The van der Waals surface area contributed by atoms with Crippen molar-refractivity contribution < 1.29 is 19.0 Å². The van der Waals surface area contributed by atoms with Gasteiger partial charge in [0.25, 0.3) is 5.56 Å². The highest BCUT2D eigenvalue weighted by Gasteiger charge is 2.20. The third kappa shape index (κ3) is 3.83. The van der Waals surface area contributed by atoms with Crippen LogP contribution in [-0.4, -0.2) is 48.2 Å². The van der Waals surface area contributed by atoms with Crippen LogP contribution >= 0.6 is 11.3 Å². The van der Waals surface area contributed by atoms with Gasteiger partial charge in [0.05, 0.1) is 19.0 Å². The van der Waals surface area contributed by atoms with Gasteiger partial charge < -0.3 is 19.2 Å². The Morgan fingerprint density at radius 3 is 2.79 bits per heavy atom. The number of aromatic amines is 1. The number of aryl methyl sites for hydroxylation is 1. The smallest absolute Gasteiger partial charge is 0.348 e. The summed E-state index contributed by atoms with van der Waals surface area (Å²) in [4.78, 5) is 34.8. The second-order valence-corrected chi connectivity index (χ2v) is 7.89. The van der Waals surface area contributed by atoms with Crippen LogP contribution in [0.2, 0.25) is 0 Å². The van der Waals surface area contributed by atoms with Crippen molar-refractivity contribution in [2.24, 2.45) is 0 Å². The number of methoxy groups -OCH3 is 1. The SMILES string of the molecule is COC(=O)c1sc2nc(CN(C)Cc3ccc4c(c3)OCCO4)[nH]c(=O)c2c1C. The molecule has 0 fully saturated rings. The number of fused-ring (bicyclic) bond motifs is 2. The summed E-state index contributed by atoms with van der Waals surface area (Å²) in [7, 11) is 3.27. The maximum absolute atomic E-state index is 12.6. The molecule has 1 aliphatic rings. The topological polar surface area (TPSA) is 93.8 Å². The molecular formula is C20H21N3O5S. The van der Waals surface area contributed by atoms with E-state index in [0.717, 1.165) is 17.1 Å². The lowest BCUT2D eigenvalue weighted by Crippen LogP contribution is -2.22. The first-order valence-electron chi connectivity index (χ1n) is 9.14. The first-order valence-corrected chi connectivity index (χ1v) is 9.95. The van der Waals surface area contributed by atoms with Crippen LogP contribution in [-0.2, 0) is 17.8 Å². The van der Waals surface area contributed by atoms with Gasteiger partial charge in [-0.25, -0.2) is 9.78 Å². The Kier molecular flexibility index (Phi) is 5.25. The lowest BCUT2D eigenvalue weighted by molar-refractivity contribution is 0.0605. The molecule has 2 aromatic heterocycles. The fourth-order valence-corrected chi connectivity index (χ4v) is 4.48. The summed E-state index contributed by atoms with van der Waals surface area (Å²) in [6.45, 7) is 3.94. The van der Waals surface area contributed by atoms with Gasteiger partial charge in [-0.15, -0.1) is 11.3 Å². The Labute approximate surface area is 171 Å². The number of rotatable bonds is 5. The molecule has 29 heavy (non-hydrogen) atoms. The van der Waals surface area contributed by atoms with E-state index < -0.39 is 5.97 Å². The van der Waals surface area contributed by atoms with Gasteiger partial charge in [0.1, 0.15) is 28.7 Å². The van der Waals surface area contributed by atoms with E-state index >= 15 is 0 Å². The monoisotopic (exact) mass is 415 g/mol. The van der Waals surface area contributed by atoms with Crippen molar-refractivity contribution in [1.29, 1.82) is 0 Å². The van der Waals surface area contributed by atoms with E-state index in [4.69, 9.17) is 14.2 Å². The molecule has 0 bridgehead atoms. The van der Waals surface area contributed by atoms with Crippen LogP contribution in [0.25, 0.3) is 10.2 Å². The molecule has 0 spiro atoms. The molecule has 3 heterocycles. The summed E-state index contributed by atoms with van der Waals surface area (Å²) >= 11 is 1.18. The first kappa shape index (κ1) is 19.4. The molecule has 3 aromatic rings. The molecule has 0 radical (unpaired) electrons. The molecule has 0 amide bonds. The average Bonchev–Trinajstić information content (AvgIpc) is 3.04. The van der Waals surface area contributed by atoms with Gasteiger partial charge in [0, 0.05) is 6.54 Å². The fourth-order valence-electron chi connectivity index (χ4n) is 3.36. The number of ether oxygens (including phenoxy) is 3. The lowest BCUT2D eigenvalue weighted by atomic mass is 10.2. The van der Waals surface area contributed by atoms with Crippen molar-refractivity contribution in [3.8, 4) is 11.5 Å². The fraction of sp³-hybridized carbons (Fsp3) is 0.350. The highest BCUT2D eigenvalue weighted by molar-refractivity contribution is 7.20. The van der Waals surface area contributed by atoms with Gasteiger partial charge in [-0.05, 0) is 37.2 Å². The van der Waals surface area contributed by atoms with E-state index in [2.05, 4.69) is 9.97 Å². The van der Waals surface area contributed by atoms with E-state index in [1.54, 1.807) is 6.92 Å². The maximum Gasteiger partial charge on any atom is 0.348 e. The molecule has 0 aliphatic carbocycles. The molecule has 1 N–H and O–H groups in total. The van der Waals surface area contributed by atoms with Crippen molar-refractivity contribution in [2.45, 2.75) is 20.0 Å². The number of H-pyrrole nitrogens is 1. The van der Waals surface area contributed by atoms with Crippen molar-refractivity contribution in [2.75, 3.05) is 27.4 Å². The third-order valence-electron chi connectivity index (χ3n) is 4.70. The van der Waals surface area contributed by atoms with Crippen LogP contribution < -0.4 is 15.0 Å². The number of hydrogen-bond acceptors (Lipinski definition) is 8. The summed E-state index contributed by atoms with van der Waals surface area (Å²) in [5.41, 5.74) is 1.42. The summed E-state index contributed by atoms with van der Waals surface area (Å²) < 4.78 is 16.0. The molecule has 0 atom stereocenters. The van der Waals surface area contributed by atoms with Crippen LogP contribution in [0.15, 0.2) is 23.0 Å². The molecule has 152 valence electrons. The molecule has 0 unspecified atom stereocenters. The van der Waals surface area contributed by atoms with E-state index in [9.17, 15) is 9.59 Å². The standard InChI is InChI=1S/C20H21N3O5S/c1-11-16-18(24)21-15(22-19(16)29-17(11)20(25)26-3)10-23(2)9-12-4-5-13-14(8-12)28-7-6-27-13/h4-5,8H,6-7,9-10H2,1-3H3,(H,21,22,24). The molecule has 0 saturated heterocycles. The van der Waals surface area contributed by atoms with Gasteiger partial charge >= 0.3 is 5.97 Å². The number of nitrogens with zero attached hydrogens (tertiary/aromatic N) is 2. The summed E-state index contributed by atoms with van der Waals surface area (Å²) in [6.07, 6.45) is 0. The van der Waals surface area contributed by atoms with Gasteiger partial charge in [-0.2, -0.15) is 0 Å². The van der Waals surface area contributed by atoms with E-state index in [-0.39, 0.29) is 5.56 Å². The minimum absolute atomic E-state index is 0.248. The van der Waals surface area contributed by atoms with Crippen LogP contribution in [0.4, 0.5) is 0 Å². The second-order valence-electron chi connectivity index (χ2n) is 6.89. The minimum atomic E-state index is -0.456. The Bertz CT molecular complexity index is 1140. The van der Waals surface area contributed by atoms with Crippen LogP contribution in [0.5, 0.6) is 11.5 Å². The van der Waals surface area contributed by atoms with Crippen molar-refractivity contribution >= 4 is 27.5 Å². The molecular weight excluding hydrogens is 394 g/mol. The van der Waals surface area contributed by atoms with Gasteiger partial charge in [0.15, 0.2) is 11.5 Å².